The van der Waals surface area contributed by atoms with Crippen LogP contribution in [0.3, 0.4) is 0 Å². The van der Waals surface area contributed by atoms with E-state index in [0.717, 1.165) is 55.7 Å². The zero-order valence-corrected chi connectivity index (χ0v) is 30.9. The molecule has 0 saturated heterocycles. The highest BCUT2D eigenvalue weighted by Gasteiger charge is 2.27. The third kappa shape index (κ3) is 7.69. The number of fused-ring (bicyclic) bond motifs is 2. The van der Waals surface area contributed by atoms with E-state index in [1.54, 1.807) is 32.5 Å². The zero-order chi connectivity index (χ0) is 35.4. The molecular weight excluding hydrogens is 755 g/mol. The maximum absolute atomic E-state index is 13.4. The summed E-state index contributed by atoms with van der Waals surface area (Å²) in [5.74, 6) is 2.66. The minimum Gasteiger partial charge on any atom is -0.495 e. The maximum Gasteiger partial charge on any atom is 0.141 e. The van der Waals surface area contributed by atoms with Gasteiger partial charge in [-0.2, -0.15) is 0 Å². The van der Waals surface area contributed by atoms with Crippen LogP contribution in [0.25, 0.3) is 34.0 Å². The molecule has 7 rings (SSSR count). The van der Waals surface area contributed by atoms with Crippen LogP contribution < -0.4 is 9.47 Å². The number of imidazole rings is 2. The van der Waals surface area contributed by atoms with Crippen molar-refractivity contribution in [2.75, 3.05) is 40.8 Å². The SMILES string of the molecule is COc1cc(-c2nc(-c3ccnc(C)c3)c3n2C[C@@H](CF)OCC3)ccc1Cl.COc1cc(-c2nc(Br)c3n2C[C@@H](CF)OCC3)ccc1Cl. The van der Waals surface area contributed by atoms with Crippen molar-refractivity contribution in [2.24, 2.45) is 0 Å². The summed E-state index contributed by atoms with van der Waals surface area (Å²) in [6.45, 7) is 2.69. The van der Waals surface area contributed by atoms with Crippen molar-refractivity contribution in [2.45, 2.75) is 45.1 Å². The van der Waals surface area contributed by atoms with Crippen LogP contribution in [-0.2, 0) is 35.4 Å². The molecular formula is C36H36BrCl2F2N5O4. The standard InChI is InChI=1S/C21H21ClFN3O2.C15H15BrClFN2O2/c1-13-9-14(5-7-24-13)20-18-6-8-28-16(11-23)12-26(18)21(25-20)15-3-4-17(22)19(10-15)27-2;1-21-13-6-9(2-3-11(13)17)15-19-14(16)12-4-5-22-10(7-18)8-20(12)15/h3-5,7,9-10,16H,6,8,11-12H2,1-2H3;2-3,6,10H,4-5,7-8H2,1H3/t16-;10-/m11/s1. The second-order valence-electron chi connectivity index (χ2n) is 11.8. The first kappa shape index (κ1) is 36.2. The average Bonchev–Trinajstić information content (AvgIpc) is 3.42. The van der Waals surface area contributed by atoms with Crippen molar-refractivity contribution in [3.8, 4) is 45.5 Å². The third-order valence-corrected chi connectivity index (χ3v) is 9.85. The number of aromatic nitrogens is 5. The molecule has 0 saturated carbocycles. The number of aryl methyl sites for hydroxylation is 1. The average molecular weight is 792 g/mol. The highest BCUT2D eigenvalue weighted by molar-refractivity contribution is 9.10. The van der Waals surface area contributed by atoms with Gasteiger partial charge in [0.05, 0.1) is 62.0 Å². The van der Waals surface area contributed by atoms with Gasteiger partial charge in [0.25, 0.3) is 0 Å². The van der Waals surface area contributed by atoms with E-state index in [1.165, 1.54) is 0 Å². The summed E-state index contributed by atoms with van der Waals surface area (Å²) in [6.07, 6.45) is 2.18. The fourth-order valence-corrected chi connectivity index (χ4v) is 7.10. The minimum atomic E-state index is -0.537. The van der Waals surface area contributed by atoms with E-state index in [9.17, 15) is 8.78 Å². The van der Waals surface area contributed by atoms with Crippen LogP contribution >= 0.6 is 39.1 Å². The van der Waals surface area contributed by atoms with Crippen molar-refractivity contribution < 1.29 is 27.7 Å². The smallest absolute Gasteiger partial charge is 0.141 e. The molecule has 9 nitrogen and oxygen atoms in total. The molecule has 0 N–H and O–H groups in total. The van der Waals surface area contributed by atoms with Gasteiger partial charge in [0.15, 0.2) is 0 Å². The van der Waals surface area contributed by atoms with Gasteiger partial charge < -0.3 is 28.1 Å². The summed E-state index contributed by atoms with van der Waals surface area (Å²) in [6, 6.07) is 15.0. The minimum absolute atomic E-state index is 0.406. The molecule has 5 aromatic rings. The number of halogens is 5. The number of ether oxygens (including phenoxy) is 4. The molecule has 0 spiro atoms. The number of benzene rings is 2. The van der Waals surface area contributed by atoms with Gasteiger partial charge in [-0.3, -0.25) is 4.98 Å². The lowest BCUT2D eigenvalue weighted by Gasteiger charge is -2.14. The fraction of sp³-hybridized carbons (Fsp3) is 0.361. The van der Waals surface area contributed by atoms with Crippen LogP contribution in [0.4, 0.5) is 8.78 Å². The van der Waals surface area contributed by atoms with E-state index >= 15 is 0 Å². The lowest BCUT2D eigenvalue weighted by atomic mass is 10.1. The summed E-state index contributed by atoms with van der Waals surface area (Å²) in [7, 11) is 3.15. The van der Waals surface area contributed by atoms with E-state index in [-0.39, 0.29) is 0 Å². The molecule has 264 valence electrons. The molecule has 2 aliphatic heterocycles. The molecule has 2 aliphatic rings. The first-order chi connectivity index (χ1) is 24.2. The van der Waals surface area contributed by atoms with Gasteiger partial charge in [0.1, 0.15) is 53.3 Å². The van der Waals surface area contributed by atoms with Gasteiger partial charge in [-0.25, -0.2) is 18.7 Å². The summed E-state index contributed by atoms with van der Waals surface area (Å²) in [5, 5.41) is 1.07. The van der Waals surface area contributed by atoms with Crippen molar-refractivity contribution in [1.82, 2.24) is 24.1 Å². The van der Waals surface area contributed by atoms with Gasteiger partial charge in [-0.1, -0.05) is 23.2 Å². The molecule has 0 radical (unpaired) electrons. The maximum atomic E-state index is 13.4. The lowest BCUT2D eigenvalue weighted by molar-refractivity contribution is 0.0355. The summed E-state index contributed by atoms with van der Waals surface area (Å²) in [4.78, 5) is 13.8. The highest BCUT2D eigenvalue weighted by atomic mass is 79.9. The molecule has 0 fully saturated rings. The second-order valence-corrected chi connectivity index (χ2v) is 13.4. The predicted octanol–water partition coefficient (Wildman–Crippen LogP) is 8.38. The van der Waals surface area contributed by atoms with Crippen molar-refractivity contribution >= 4 is 39.1 Å². The van der Waals surface area contributed by atoms with E-state index < -0.39 is 25.6 Å². The molecule has 5 heterocycles. The number of hydrogen-bond donors (Lipinski definition) is 0. The molecule has 0 amide bonds. The van der Waals surface area contributed by atoms with Crippen LogP contribution in [-0.4, -0.2) is 77.1 Å². The van der Waals surface area contributed by atoms with Gasteiger partial charge in [0.2, 0.25) is 0 Å². The Balaban J connectivity index is 0.000000178. The van der Waals surface area contributed by atoms with Crippen LogP contribution in [0.5, 0.6) is 11.5 Å². The Morgan fingerprint density at radius 2 is 1.32 bits per heavy atom. The van der Waals surface area contributed by atoms with Gasteiger partial charge in [0, 0.05) is 47.1 Å². The highest BCUT2D eigenvalue weighted by Crippen LogP contribution is 2.36. The van der Waals surface area contributed by atoms with Crippen molar-refractivity contribution in [1.29, 1.82) is 0 Å². The van der Waals surface area contributed by atoms with E-state index in [0.29, 0.717) is 60.7 Å². The van der Waals surface area contributed by atoms with Crippen LogP contribution in [0, 0.1) is 6.92 Å². The monoisotopic (exact) mass is 789 g/mol. The zero-order valence-electron chi connectivity index (χ0n) is 27.8. The third-order valence-electron chi connectivity index (χ3n) is 8.59. The van der Waals surface area contributed by atoms with Crippen LogP contribution in [0.1, 0.15) is 17.1 Å². The molecule has 0 bridgehead atoms. The molecule has 0 aliphatic carbocycles. The normalized spacial score (nSPS) is 17.1. The topological polar surface area (TPSA) is 85.5 Å². The first-order valence-corrected chi connectivity index (χ1v) is 17.6. The molecule has 50 heavy (non-hydrogen) atoms. The Morgan fingerprint density at radius 3 is 1.86 bits per heavy atom. The van der Waals surface area contributed by atoms with E-state index in [4.69, 9.17) is 47.1 Å². The Morgan fingerprint density at radius 1 is 0.780 bits per heavy atom. The molecule has 3 aromatic heterocycles. The quantitative estimate of drug-likeness (QED) is 0.164. The number of alkyl halides is 2. The number of methoxy groups -OCH3 is 2. The number of pyridine rings is 1. The Labute approximate surface area is 307 Å². The number of hydrogen-bond acceptors (Lipinski definition) is 7. The fourth-order valence-electron chi connectivity index (χ4n) is 6.13. The summed E-state index contributed by atoms with van der Waals surface area (Å²) < 4.78 is 53.1. The molecule has 2 aromatic carbocycles. The van der Waals surface area contributed by atoms with Crippen LogP contribution in [0.15, 0.2) is 59.3 Å². The van der Waals surface area contributed by atoms with Crippen molar-refractivity contribution in [3.05, 3.63) is 86.5 Å². The predicted molar refractivity (Wildman–Crippen MR) is 193 cm³/mol. The largest absolute Gasteiger partial charge is 0.495 e. The number of nitrogens with zero attached hydrogens (tertiary/aromatic N) is 5. The Kier molecular flexibility index (Phi) is 11.7. The lowest BCUT2D eigenvalue weighted by Crippen LogP contribution is -2.21. The molecule has 2 atom stereocenters. The van der Waals surface area contributed by atoms with E-state index in [2.05, 4.69) is 30.5 Å². The second kappa shape index (κ2) is 16.2. The van der Waals surface area contributed by atoms with Crippen molar-refractivity contribution in [3.63, 3.8) is 0 Å². The first-order valence-electron chi connectivity index (χ1n) is 16.0. The van der Waals surface area contributed by atoms with Gasteiger partial charge >= 0.3 is 0 Å². The number of rotatable bonds is 7. The Hall–Kier alpha value is -3.55. The van der Waals surface area contributed by atoms with Crippen LogP contribution in [0.2, 0.25) is 10.0 Å². The van der Waals surface area contributed by atoms with E-state index in [1.807, 2.05) is 47.9 Å². The Bertz CT molecular complexity index is 1970. The molecule has 14 heteroatoms. The molecule has 0 unspecified atom stereocenters. The van der Waals surface area contributed by atoms with Gasteiger partial charge in [-0.05, 0) is 71.4 Å². The summed E-state index contributed by atoms with van der Waals surface area (Å²) >= 11 is 15.7. The van der Waals surface area contributed by atoms with Gasteiger partial charge in [-0.15, -0.1) is 0 Å². The summed E-state index contributed by atoms with van der Waals surface area (Å²) in [5.41, 5.74) is 6.55.